The zero-order valence-corrected chi connectivity index (χ0v) is 39.1. The van der Waals surface area contributed by atoms with E-state index in [4.69, 9.17) is 28.9 Å². The number of rotatable bonds is 8. The SMILES string of the molecule is CCn1c(-c2cccnc2[C@H](C)OC)c2c3cc(ccc31)-c1csc(n1)C[C@H](NC(=O)C(C(C)C)N(C)C(=O)N1CCOCC13COC3)C(=O)N1CCC[C@H](N1)C(=O)OCC(C)(C)C2. The molecule has 3 aromatic heterocycles. The zero-order valence-electron chi connectivity index (χ0n) is 38.3. The van der Waals surface area contributed by atoms with Gasteiger partial charge in [-0.05, 0) is 68.9 Å². The van der Waals surface area contributed by atoms with Crippen molar-refractivity contribution in [2.24, 2.45) is 11.3 Å². The predicted molar refractivity (Wildman–Crippen MR) is 242 cm³/mol. The first-order chi connectivity index (χ1) is 30.6. The molecule has 8 rings (SSSR count). The summed E-state index contributed by atoms with van der Waals surface area (Å²) in [5, 5.41) is 8.18. The van der Waals surface area contributed by atoms with Gasteiger partial charge in [0, 0.05) is 79.2 Å². The van der Waals surface area contributed by atoms with Crippen molar-refractivity contribution in [3.8, 4) is 22.5 Å². The molecule has 1 aromatic carbocycles. The molecule has 4 atom stereocenters. The summed E-state index contributed by atoms with van der Waals surface area (Å²) in [5.74, 6) is -1.61. The van der Waals surface area contributed by atoms with E-state index in [2.05, 4.69) is 60.3 Å². The number of carbonyl (C=O) groups excluding carboxylic acids is 4. The maximum atomic E-state index is 14.6. The molecule has 1 unspecified atom stereocenters. The highest BCUT2D eigenvalue weighted by atomic mass is 32.1. The summed E-state index contributed by atoms with van der Waals surface area (Å²) in [6.07, 6.45) is 3.25. The van der Waals surface area contributed by atoms with Crippen molar-refractivity contribution in [3.63, 3.8) is 0 Å². The molecule has 344 valence electrons. The van der Waals surface area contributed by atoms with Crippen molar-refractivity contribution in [1.29, 1.82) is 0 Å². The van der Waals surface area contributed by atoms with Crippen LogP contribution in [0.5, 0.6) is 0 Å². The van der Waals surface area contributed by atoms with Gasteiger partial charge in [-0.15, -0.1) is 11.3 Å². The number of hydrogen-bond donors (Lipinski definition) is 2. The minimum atomic E-state index is -1.07. The summed E-state index contributed by atoms with van der Waals surface area (Å²) in [6, 6.07) is 7.41. The van der Waals surface area contributed by atoms with Crippen LogP contribution in [0.15, 0.2) is 41.9 Å². The van der Waals surface area contributed by atoms with E-state index in [1.54, 1.807) is 25.3 Å². The zero-order chi connectivity index (χ0) is 45.5. The molecule has 0 radical (unpaired) electrons. The Morgan fingerprint density at radius 1 is 1.09 bits per heavy atom. The van der Waals surface area contributed by atoms with Crippen LogP contribution in [0.25, 0.3) is 33.4 Å². The largest absolute Gasteiger partial charge is 0.464 e. The molecule has 3 fully saturated rings. The number of fused-ring (bicyclic) bond motifs is 6. The second-order valence-corrected chi connectivity index (χ2v) is 19.7. The molecule has 3 saturated heterocycles. The van der Waals surface area contributed by atoms with Gasteiger partial charge in [-0.1, -0.05) is 33.8 Å². The summed E-state index contributed by atoms with van der Waals surface area (Å²) >= 11 is 1.42. The number of carbonyl (C=O) groups is 4. The first kappa shape index (κ1) is 45.6. The van der Waals surface area contributed by atoms with Crippen molar-refractivity contribution in [1.82, 2.24) is 40.1 Å². The van der Waals surface area contributed by atoms with Crippen molar-refractivity contribution >= 4 is 46.1 Å². The number of esters is 1. The molecule has 0 saturated carbocycles. The highest BCUT2D eigenvalue weighted by Crippen LogP contribution is 2.42. The number of thiazole rings is 1. The quantitative estimate of drug-likeness (QED) is 0.218. The van der Waals surface area contributed by atoms with Gasteiger partial charge >= 0.3 is 12.0 Å². The molecular weight excluding hydrogens is 837 g/mol. The topological polar surface area (TPSA) is 170 Å². The van der Waals surface area contributed by atoms with Crippen LogP contribution in [0, 0.1) is 11.3 Å². The number of ether oxygens (including phenoxy) is 4. The summed E-state index contributed by atoms with van der Waals surface area (Å²) in [4.78, 5) is 70.3. The maximum absolute atomic E-state index is 14.6. The van der Waals surface area contributed by atoms with E-state index in [1.807, 2.05) is 32.2 Å². The number of hydrazine groups is 1. The van der Waals surface area contributed by atoms with Gasteiger partial charge < -0.3 is 38.6 Å². The average molecular weight is 899 g/mol. The van der Waals surface area contributed by atoms with Crippen molar-refractivity contribution in [2.45, 2.75) is 104 Å². The van der Waals surface area contributed by atoms with Crippen LogP contribution >= 0.6 is 11.3 Å². The summed E-state index contributed by atoms with van der Waals surface area (Å²) < 4.78 is 25.5. The molecule has 16 nitrogen and oxygen atoms in total. The van der Waals surface area contributed by atoms with Crippen LogP contribution in [0.3, 0.4) is 0 Å². The van der Waals surface area contributed by atoms with E-state index >= 15 is 0 Å². The number of amides is 4. The second kappa shape index (κ2) is 18.5. The number of nitrogens with zero attached hydrogens (tertiary/aromatic N) is 6. The van der Waals surface area contributed by atoms with Gasteiger partial charge in [-0.2, -0.15) is 0 Å². The predicted octanol–water partition coefficient (Wildman–Crippen LogP) is 5.38. The number of pyridine rings is 1. The normalized spacial score (nSPS) is 22.1. The van der Waals surface area contributed by atoms with E-state index < -0.39 is 46.9 Å². The van der Waals surface area contributed by atoms with Crippen LogP contribution in [-0.4, -0.2) is 137 Å². The Kier molecular flexibility index (Phi) is 13.2. The number of methoxy groups -OCH3 is 1. The summed E-state index contributed by atoms with van der Waals surface area (Å²) in [7, 11) is 3.32. The Labute approximate surface area is 378 Å². The smallest absolute Gasteiger partial charge is 0.324 e. The van der Waals surface area contributed by atoms with Gasteiger partial charge in [0.05, 0.1) is 61.2 Å². The Balaban J connectivity index is 1.17. The third kappa shape index (κ3) is 8.76. The molecule has 4 amide bonds. The number of aryl methyl sites for hydroxylation is 1. The molecule has 0 aliphatic carbocycles. The van der Waals surface area contributed by atoms with E-state index in [9.17, 15) is 19.2 Å². The molecule has 17 heteroatoms. The first-order valence-electron chi connectivity index (χ1n) is 22.5. The van der Waals surface area contributed by atoms with Gasteiger partial charge in [-0.3, -0.25) is 24.4 Å². The Bertz CT molecular complexity index is 2390. The number of likely N-dealkylation sites (N-methyl/N-ethyl adjacent to an activating group) is 1. The van der Waals surface area contributed by atoms with E-state index in [1.165, 1.54) is 21.2 Å². The highest BCUT2D eigenvalue weighted by Gasteiger charge is 2.50. The Morgan fingerprint density at radius 2 is 1.88 bits per heavy atom. The fraction of sp³-hybridized carbons (Fsp3) is 0.574. The van der Waals surface area contributed by atoms with Crippen LogP contribution in [-0.2, 0) is 52.7 Å². The number of cyclic esters (lactones) is 1. The standard InChI is InChI=1S/C47H62N8O8S/c1-9-53-37-15-14-30-20-32(37)33(41(53)31-12-10-16-48-39(31)29(4)60-8)22-46(5,6)24-63-44(58)34-13-11-17-55(51-34)43(57)35(21-38-49-36(30)23-64-38)50-42(56)40(28(2)3)52(7)45(59)54-18-19-61-25-47(54)26-62-27-47/h10,12,14-16,20,23,28-29,34-35,40,51H,9,11,13,17-19,21-22,24-27H2,1-8H3,(H,50,56)/t29-,34-,35-,40?/m0/s1. The minimum Gasteiger partial charge on any atom is -0.464 e. The highest BCUT2D eigenvalue weighted by molar-refractivity contribution is 7.10. The van der Waals surface area contributed by atoms with Crippen molar-refractivity contribution < 1.29 is 38.1 Å². The lowest BCUT2D eigenvalue weighted by atomic mass is 9.84. The monoisotopic (exact) mass is 898 g/mol. The number of nitrogens with one attached hydrogen (secondary N) is 2. The number of benzene rings is 1. The molecule has 4 aromatic rings. The Hall–Kier alpha value is -4.94. The maximum Gasteiger partial charge on any atom is 0.324 e. The van der Waals surface area contributed by atoms with Gasteiger partial charge in [0.15, 0.2) is 0 Å². The van der Waals surface area contributed by atoms with Crippen LogP contribution < -0.4 is 10.7 Å². The number of hydrogen-bond acceptors (Lipinski definition) is 12. The van der Waals surface area contributed by atoms with Crippen LogP contribution in [0.4, 0.5) is 4.79 Å². The first-order valence-corrected chi connectivity index (χ1v) is 23.4. The molecule has 6 bridgehead atoms. The van der Waals surface area contributed by atoms with E-state index in [0.717, 1.165) is 44.7 Å². The van der Waals surface area contributed by atoms with E-state index in [-0.39, 0.29) is 31.1 Å². The van der Waals surface area contributed by atoms with Gasteiger partial charge in [0.25, 0.3) is 5.91 Å². The third-order valence-electron chi connectivity index (χ3n) is 13.1. The van der Waals surface area contributed by atoms with Crippen LogP contribution in [0.1, 0.15) is 76.8 Å². The number of aromatic nitrogens is 3. The third-order valence-corrected chi connectivity index (χ3v) is 14.0. The molecule has 2 N–H and O–H groups in total. The fourth-order valence-corrected chi connectivity index (χ4v) is 10.5. The van der Waals surface area contributed by atoms with Crippen molar-refractivity contribution in [3.05, 3.63) is 58.2 Å². The molecule has 64 heavy (non-hydrogen) atoms. The molecule has 4 aliphatic heterocycles. The van der Waals surface area contributed by atoms with E-state index in [0.29, 0.717) is 70.3 Å². The average Bonchev–Trinajstić information content (AvgIpc) is 3.87. The molecule has 1 spiro atoms. The van der Waals surface area contributed by atoms with Gasteiger partial charge in [0.2, 0.25) is 5.91 Å². The lowest BCUT2D eigenvalue weighted by Gasteiger charge is -2.52. The summed E-state index contributed by atoms with van der Waals surface area (Å²) in [6.45, 7) is 15.2. The molecular formula is C47H62N8O8S. The van der Waals surface area contributed by atoms with Gasteiger partial charge in [0.1, 0.15) is 23.7 Å². The fourth-order valence-electron chi connectivity index (χ4n) is 9.66. The molecule has 4 aliphatic rings. The number of urea groups is 1. The summed E-state index contributed by atoms with van der Waals surface area (Å²) in [5.41, 5.74) is 8.78. The Morgan fingerprint density at radius 3 is 2.59 bits per heavy atom. The lowest BCUT2D eigenvalue weighted by molar-refractivity contribution is -0.182. The molecule has 7 heterocycles. The number of morpholine rings is 1. The van der Waals surface area contributed by atoms with Crippen LogP contribution in [0.2, 0.25) is 0 Å². The minimum absolute atomic E-state index is 0.0917. The lowest BCUT2D eigenvalue weighted by Crippen LogP contribution is -2.71. The van der Waals surface area contributed by atoms with Crippen molar-refractivity contribution in [2.75, 3.05) is 60.3 Å². The van der Waals surface area contributed by atoms with Gasteiger partial charge in [-0.25, -0.2) is 15.2 Å². The second-order valence-electron chi connectivity index (χ2n) is 18.8.